The van der Waals surface area contributed by atoms with Gasteiger partial charge in [0.1, 0.15) is 29.7 Å². The van der Waals surface area contributed by atoms with E-state index in [0.717, 1.165) is 6.07 Å². The van der Waals surface area contributed by atoms with Crippen molar-refractivity contribution in [1.29, 1.82) is 0 Å². The van der Waals surface area contributed by atoms with Crippen molar-refractivity contribution >= 4 is 5.78 Å². The van der Waals surface area contributed by atoms with Gasteiger partial charge in [0.25, 0.3) is 0 Å². The maximum Gasteiger partial charge on any atom is 0.163 e. The van der Waals surface area contributed by atoms with E-state index in [4.69, 9.17) is 9.47 Å². The van der Waals surface area contributed by atoms with E-state index in [1.807, 2.05) is 0 Å². The first kappa shape index (κ1) is 15.0. The molecule has 0 atom stereocenters. The number of ether oxygens (including phenoxy) is 2. The number of ketones is 1. The Balaban J connectivity index is 2.23. The van der Waals surface area contributed by atoms with E-state index < -0.39 is 11.6 Å². The standard InChI is InChI=1S/C16H14F2O3/c1-10(19)15-4-3-14(20-2)8-16(15)21-9-11-5-12(17)7-13(18)6-11/h3-8H,9H2,1-2H3. The zero-order valence-corrected chi connectivity index (χ0v) is 11.7. The SMILES string of the molecule is COc1ccc(C(C)=O)c(OCc2cc(F)cc(F)c2)c1. The first-order chi connectivity index (χ1) is 9.99. The lowest BCUT2D eigenvalue weighted by Gasteiger charge is -2.11. The molecular formula is C16H14F2O3. The van der Waals surface area contributed by atoms with Crippen LogP contribution in [0.5, 0.6) is 11.5 Å². The van der Waals surface area contributed by atoms with Gasteiger partial charge in [-0.25, -0.2) is 8.78 Å². The van der Waals surface area contributed by atoms with Gasteiger partial charge < -0.3 is 9.47 Å². The van der Waals surface area contributed by atoms with Gasteiger partial charge >= 0.3 is 0 Å². The molecule has 2 aromatic rings. The molecule has 0 fully saturated rings. The number of methoxy groups -OCH3 is 1. The molecule has 110 valence electrons. The average molecular weight is 292 g/mol. The van der Waals surface area contributed by atoms with Gasteiger partial charge in [-0.05, 0) is 36.8 Å². The predicted molar refractivity (Wildman–Crippen MR) is 73.7 cm³/mol. The fraction of sp³-hybridized carbons (Fsp3) is 0.188. The van der Waals surface area contributed by atoms with E-state index in [0.29, 0.717) is 22.6 Å². The maximum atomic E-state index is 13.1. The van der Waals surface area contributed by atoms with E-state index in [1.165, 1.54) is 26.2 Å². The average Bonchev–Trinajstić information content (AvgIpc) is 2.43. The van der Waals surface area contributed by atoms with Crippen LogP contribution >= 0.6 is 0 Å². The molecule has 2 aromatic carbocycles. The number of benzene rings is 2. The summed E-state index contributed by atoms with van der Waals surface area (Å²) in [5.74, 6) is -0.679. The minimum absolute atomic E-state index is 0.0534. The van der Waals surface area contributed by atoms with Crippen molar-refractivity contribution in [3.05, 3.63) is 59.2 Å². The molecule has 5 heteroatoms. The fourth-order valence-electron chi connectivity index (χ4n) is 1.90. The highest BCUT2D eigenvalue weighted by Gasteiger charge is 2.11. The Bertz CT molecular complexity index is 648. The normalized spacial score (nSPS) is 10.3. The number of carbonyl (C=O) groups is 1. The molecule has 0 N–H and O–H groups in total. The smallest absolute Gasteiger partial charge is 0.163 e. The molecule has 21 heavy (non-hydrogen) atoms. The van der Waals surface area contributed by atoms with Crippen molar-refractivity contribution < 1.29 is 23.0 Å². The van der Waals surface area contributed by atoms with Crippen LogP contribution in [0.4, 0.5) is 8.78 Å². The molecule has 0 radical (unpaired) electrons. The van der Waals surface area contributed by atoms with Gasteiger partial charge in [0.05, 0.1) is 12.7 Å². The Hall–Kier alpha value is -2.43. The number of hydrogen-bond donors (Lipinski definition) is 0. The molecule has 0 saturated carbocycles. The summed E-state index contributed by atoms with van der Waals surface area (Å²) in [6.07, 6.45) is 0. The number of carbonyl (C=O) groups excluding carboxylic acids is 1. The summed E-state index contributed by atoms with van der Waals surface area (Å²) in [5, 5.41) is 0. The molecule has 0 saturated heterocycles. The second kappa shape index (κ2) is 6.35. The van der Waals surface area contributed by atoms with Crippen molar-refractivity contribution in [2.75, 3.05) is 7.11 Å². The topological polar surface area (TPSA) is 35.5 Å². The molecule has 0 heterocycles. The summed E-state index contributed by atoms with van der Waals surface area (Å²) in [6.45, 7) is 1.36. The van der Waals surface area contributed by atoms with Crippen molar-refractivity contribution in [3.8, 4) is 11.5 Å². The van der Waals surface area contributed by atoms with Crippen molar-refractivity contribution in [3.63, 3.8) is 0 Å². The van der Waals surface area contributed by atoms with Gasteiger partial charge in [-0.1, -0.05) is 0 Å². The van der Waals surface area contributed by atoms with Crippen LogP contribution < -0.4 is 9.47 Å². The molecule has 0 aliphatic rings. The summed E-state index contributed by atoms with van der Waals surface area (Å²) < 4.78 is 36.8. The number of Topliss-reactive ketones (excluding diaryl/α,β-unsaturated/α-hetero) is 1. The molecule has 0 spiro atoms. The summed E-state index contributed by atoms with van der Waals surface area (Å²) >= 11 is 0. The van der Waals surface area contributed by atoms with Crippen LogP contribution in [0.25, 0.3) is 0 Å². The lowest BCUT2D eigenvalue weighted by Crippen LogP contribution is -2.03. The second-order valence-corrected chi connectivity index (χ2v) is 4.48. The third kappa shape index (κ3) is 3.78. The quantitative estimate of drug-likeness (QED) is 0.787. The van der Waals surface area contributed by atoms with Crippen molar-refractivity contribution in [2.24, 2.45) is 0 Å². The van der Waals surface area contributed by atoms with Gasteiger partial charge in [-0.2, -0.15) is 0 Å². The first-order valence-corrected chi connectivity index (χ1v) is 6.26. The Morgan fingerprint density at radius 3 is 2.33 bits per heavy atom. The van der Waals surface area contributed by atoms with E-state index in [1.54, 1.807) is 18.2 Å². The zero-order valence-electron chi connectivity index (χ0n) is 11.7. The Labute approximate surface area is 121 Å². The minimum atomic E-state index is -0.675. The predicted octanol–water partition coefficient (Wildman–Crippen LogP) is 3.76. The lowest BCUT2D eigenvalue weighted by molar-refractivity contribution is 0.101. The fourth-order valence-corrected chi connectivity index (χ4v) is 1.90. The highest BCUT2D eigenvalue weighted by atomic mass is 19.1. The molecule has 2 rings (SSSR count). The van der Waals surface area contributed by atoms with Crippen LogP contribution in [0, 0.1) is 11.6 Å². The summed E-state index contributed by atoms with van der Waals surface area (Å²) in [7, 11) is 1.49. The Morgan fingerprint density at radius 2 is 1.76 bits per heavy atom. The highest BCUT2D eigenvalue weighted by molar-refractivity contribution is 5.97. The van der Waals surface area contributed by atoms with E-state index in [-0.39, 0.29) is 12.4 Å². The van der Waals surface area contributed by atoms with Gasteiger partial charge in [0.15, 0.2) is 5.78 Å². The first-order valence-electron chi connectivity index (χ1n) is 6.26. The molecular weight excluding hydrogens is 278 g/mol. The number of halogens is 2. The van der Waals surface area contributed by atoms with Gasteiger partial charge in [-0.3, -0.25) is 4.79 Å². The zero-order chi connectivity index (χ0) is 15.4. The maximum absolute atomic E-state index is 13.1. The molecule has 0 aromatic heterocycles. The molecule has 0 bridgehead atoms. The van der Waals surface area contributed by atoms with Crippen LogP contribution in [0.2, 0.25) is 0 Å². The second-order valence-electron chi connectivity index (χ2n) is 4.48. The van der Waals surface area contributed by atoms with Gasteiger partial charge in [0.2, 0.25) is 0 Å². The van der Waals surface area contributed by atoms with Crippen LogP contribution in [0.3, 0.4) is 0 Å². The molecule has 0 aliphatic heterocycles. The molecule has 0 aliphatic carbocycles. The Kier molecular flexibility index (Phi) is 4.52. The summed E-state index contributed by atoms with van der Waals surface area (Å²) in [5.41, 5.74) is 0.720. The summed E-state index contributed by atoms with van der Waals surface area (Å²) in [4.78, 5) is 11.5. The lowest BCUT2D eigenvalue weighted by atomic mass is 10.1. The van der Waals surface area contributed by atoms with E-state index in [9.17, 15) is 13.6 Å². The summed E-state index contributed by atoms with van der Waals surface area (Å²) in [6, 6.07) is 7.93. The number of rotatable bonds is 5. The molecule has 0 unspecified atom stereocenters. The highest BCUT2D eigenvalue weighted by Crippen LogP contribution is 2.26. The number of hydrogen-bond acceptors (Lipinski definition) is 3. The largest absolute Gasteiger partial charge is 0.497 e. The van der Waals surface area contributed by atoms with Crippen LogP contribution in [-0.4, -0.2) is 12.9 Å². The molecule has 0 amide bonds. The third-order valence-electron chi connectivity index (χ3n) is 2.88. The van der Waals surface area contributed by atoms with Crippen molar-refractivity contribution in [1.82, 2.24) is 0 Å². The van der Waals surface area contributed by atoms with E-state index >= 15 is 0 Å². The molecule has 3 nitrogen and oxygen atoms in total. The van der Waals surface area contributed by atoms with Crippen molar-refractivity contribution in [2.45, 2.75) is 13.5 Å². The van der Waals surface area contributed by atoms with E-state index in [2.05, 4.69) is 0 Å². The minimum Gasteiger partial charge on any atom is -0.497 e. The monoisotopic (exact) mass is 292 g/mol. The van der Waals surface area contributed by atoms with Crippen LogP contribution in [0.15, 0.2) is 36.4 Å². The van der Waals surface area contributed by atoms with Gasteiger partial charge in [0, 0.05) is 12.1 Å². The Morgan fingerprint density at radius 1 is 1.10 bits per heavy atom. The van der Waals surface area contributed by atoms with Crippen LogP contribution in [0.1, 0.15) is 22.8 Å². The third-order valence-corrected chi connectivity index (χ3v) is 2.88. The van der Waals surface area contributed by atoms with Crippen LogP contribution in [-0.2, 0) is 6.61 Å². The van der Waals surface area contributed by atoms with Gasteiger partial charge in [-0.15, -0.1) is 0 Å².